The van der Waals surface area contributed by atoms with Gasteiger partial charge in [0, 0.05) is 45.4 Å². The SMILES string of the molecule is CN(C)C(=O)CCCn1ccc(NC(=O)NC2CCC(C)(C)CC2)n1. The molecule has 1 fully saturated rings. The molecule has 25 heavy (non-hydrogen) atoms. The van der Waals surface area contributed by atoms with Gasteiger partial charge in [0.2, 0.25) is 5.91 Å². The lowest BCUT2D eigenvalue weighted by Crippen LogP contribution is -2.41. The lowest BCUT2D eigenvalue weighted by atomic mass is 9.76. The minimum absolute atomic E-state index is 0.112. The van der Waals surface area contributed by atoms with Gasteiger partial charge in [-0.1, -0.05) is 13.8 Å². The molecule has 1 aliphatic carbocycles. The van der Waals surface area contributed by atoms with Crippen molar-refractivity contribution in [2.45, 2.75) is 65.0 Å². The van der Waals surface area contributed by atoms with Crippen LogP contribution in [-0.2, 0) is 11.3 Å². The van der Waals surface area contributed by atoms with E-state index in [1.165, 1.54) is 0 Å². The standard InChI is InChI=1S/C18H31N5O2/c1-18(2)10-7-14(8-11-18)19-17(25)20-15-9-13-23(21-15)12-5-6-16(24)22(3)4/h9,13-14H,5-8,10-12H2,1-4H3,(H2,19,20,21,25). The number of nitrogens with zero attached hydrogens (tertiary/aromatic N) is 3. The van der Waals surface area contributed by atoms with Gasteiger partial charge in [-0.05, 0) is 37.5 Å². The van der Waals surface area contributed by atoms with Gasteiger partial charge in [-0.25, -0.2) is 4.79 Å². The molecule has 1 saturated carbocycles. The van der Waals surface area contributed by atoms with E-state index < -0.39 is 0 Å². The third kappa shape index (κ3) is 6.40. The first-order valence-electron chi connectivity index (χ1n) is 9.06. The molecular weight excluding hydrogens is 318 g/mol. The lowest BCUT2D eigenvalue weighted by molar-refractivity contribution is -0.128. The first-order valence-corrected chi connectivity index (χ1v) is 9.06. The summed E-state index contributed by atoms with van der Waals surface area (Å²) in [5.41, 5.74) is 0.390. The Kier molecular flexibility index (Phi) is 6.45. The van der Waals surface area contributed by atoms with E-state index in [0.717, 1.165) is 32.1 Å². The Bertz CT molecular complexity index is 584. The molecule has 7 nitrogen and oxygen atoms in total. The van der Waals surface area contributed by atoms with Crippen molar-refractivity contribution in [3.05, 3.63) is 12.3 Å². The minimum Gasteiger partial charge on any atom is -0.349 e. The van der Waals surface area contributed by atoms with Gasteiger partial charge in [-0.3, -0.25) is 14.8 Å². The van der Waals surface area contributed by atoms with Crippen LogP contribution in [0.15, 0.2) is 12.3 Å². The number of rotatable bonds is 6. The smallest absolute Gasteiger partial charge is 0.320 e. The van der Waals surface area contributed by atoms with Crippen molar-refractivity contribution in [2.75, 3.05) is 19.4 Å². The summed E-state index contributed by atoms with van der Waals surface area (Å²) in [6.45, 7) is 5.21. The number of hydrogen-bond donors (Lipinski definition) is 2. The molecule has 7 heteroatoms. The van der Waals surface area contributed by atoms with Gasteiger partial charge in [0.1, 0.15) is 0 Å². The zero-order valence-corrected chi connectivity index (χ0v) is 15.8. The van der Waals surface area contributed by atoms with Crippen LogP contribution in [0.1, 0.15) is 52.4 Å². The van der Waals surface area contributed by atoms with Crippen LogP contribution < -0.4 is 10.6 Å². The van der Waals surface area contributed by atoms with E-state index in [9.17, 15) is 9.59 Å². The summed E-state index contributed by atoms with van der Waals surface area (Å²) in [5.74, 6) is 0.646. The molecule has 2 rings (SSSR count). The van der Waals surface area contributed by atoms with Crippen molar-refractivity contribution in [1.82, 2.24) is 20.0 Å². The van der Waals surface area contributed by atoms with E-state index in [2.05, 4.69) is 29.6 Å². The topological polar surface area (TPSA) is 79.3 Å². The maximum absolute atomic E-state index is 12.1. The Balaban J connectivity index is 1.71. The molecule has 0 aliphatic heterocycles. The number of carbonyl (C=O) groups excluding carboxylic acids is 2. The van der Waals surface area contributed by atoms with Crippen molar-refractivity contribution in [1.29, 1.82) is 0 Å². The maximum Gasteiger partial charge on any atom is 0.320 e. The zero-order valence-electron chi connectivity index (χ0n) is 15.8. The van der Waals surface area contributed by atoms with Crippen LogP contribution in [0.3, 0.4) is 0 Å². The van der Waals surface area contributed by atoms with Crippen molar-refractivity contribution < 1.29 is 9.59 Å². The molecule has 0 atom stereocenters. The molecule has 1 heterocycles. The summed E-state index contributed by atoms with van der Waals surface area (Å²) in [7, 11) is 3.51. The number of anilines is 1. The summed E-state index contributed by atoms with van der Waals surface area (Å²) in [6.07, 6.45) is 7.36. The van der Waals surface area contributed by atoms with E-state index in [1.54, 1.807) is 29.7 Å². The van der Waals surface area contributed by atoms with Gasteiger partial charge >= 0.3 is 6.03 Å². The van der Waals surface area contributed by atoms with Gasteiger partial charge in [-0.15, -0.1) is 0 Å². The van der Waals surface area contributed by atoms with E-state index in [0.29, 0.717) is 24.2 Å². The Morgan fingerprint density at radius 2 is 2.00 bits per heavy atom. The fraction of sp³-hybridized carbons (Fsp3) is 0.722. The van der Waals surface area contributed by atoms with Gasteiger partial charge in [0.05, 0.1) is 0 Å². The third-order valence-electron chi connectivity index (χ3n) is 4.83. The number of hydrogen-bond acceptors (Lipinski definition) is 3. The second-order valence-corrected chi connectivity index (χ2v) is 7.89. The largest absolute Gasteiger partial charge is 0.349 e. The van der Waals surface area contributed by atoms with Gasteiger partial charge < -0.3 is 10.2 Å². The summed E-state index contributed by atoms with van der Waals surface area (Å²) >= 11 is 0. The summed E-state index contributed by atoms with van der Waals surface area (Å²) in [5, 5.41) is 10.2. The number of aryl methyl sites for hydroxylation is 1. The molecule has 1 aliphatic rings. The summed E-state index contributed by atoms with van der Waals surface area (Å²) in [4.78, 5) is 25.2. The third-order valence-corrected chi connectivity index (χ3v) is 4.83. The van der Waals surface area contributed by atoms with E-state index in [1.807, 2.05) is 6.20 Å². The highest BCUT2D eigenvalue weighted by Gasteiger charge is 2.27. The predicted octanol–water partition coefficient (Wildman–Crippen LogP) is 2.84. The van der Waals surface area contributed by atoms with Crippen LogP contribution in [0, 0.1) is 5.41 Å². The highest BCUT2D eigenvalue weighted by Crippen LogP contribution is 2.34. The number of amides is 3. The van der Waals surface area contributed by atoms with Gasteiger partial charge in [0.25, 0.3) is 0 Å². The minimum atomic E-state index is -0.197. The van der Waals surface area contributed by atoms with E-state index in [4.69, 9.17) is 0 Å². The van der Waals surface area contributed by atoms with Crippen LogP contribution in [-0.4, -0.2) is 46.8 Å². The number of aromatic nitrogens is 2. The average Bonchev–Trinajstić information content (AvgIpc) is 2.96. The number of urea groups is 1. The lowest BCUT2D eigenvalue weighted by Gasteiger charge is -2.34. The molecule has 0 saturated heterocycles. The summed E-state index contributed by atoms with van der Waals surface area (Å²) in [6, 6.07) is 1.82. The molecule has 0 unspecified atom stereocenters. The van der Waals surface area contributed by atoms with Gasteiger partial charge in [-0.2, -0.15) is 5.10 Å². The van der Waals surface area contributed by atoms with Crippen LogP contribution in [0.25, 0.3) is 0 Å². The molecule has 3 amide bonds. The molecule has 1 aromatic rings. The Labute approximate surface area is 150 Å². The maximum atomic E-state index is 12.1. The molecule has 0 radical (unpaired) electrons. The number of nitrogens with one attached hydrogen (secondary N) is 2. The highest BCUT2D eigenvalue weighted by atomic mass is 16.2. The predicted molar refractivity (Wildman–Crippen MR) is 98.3 cm³/mol. The number of carbonyl (C=O) groups is 2. The molecule has 2 N–H and O–H groups in total. The van der Waals surface area contributed by atoms with Crippen LogP contribution in [0.5, 0.6) is 0 Å². The summed E-state index contributed by atoms with van der Waals surface area (Å²) < 4.78 is 1.75. The van der Waals surface area contributed by atoms with Crippen LogP contribution in [0.2, 0.25) is 0 Å². The van der Waals surface area contributed by atoms with E-state index in [-0.39, 0.29) is 18.0 Å². The molecule has 0 spiro atoms. The highest BCUT2D eigenvalue weighted by molar-refractivity contribution is 5.88. The molecule has 0 aromatic carbocycles. The fourth-order valence-electron chi connectivity index (χ4n) is 3.05. The Morgan fingerprint density at radius 3 is 2.64 bits per heavy atom. The monoisotopic (exact) mass is 349 g/mol. The van der Waals surface area contributed by atoms with Gasteiger partial charge in [0.15, 0.2) is 5.82 Å². The van der Waals surface area contributed by atoms with Crippen molar-refractivity contribution in [3.63, 3.8) is 0 Å². The van der Waals surface area contributed by atoms with Crippen LogP contribution >= 0.6 is 0 Å². The zero-order chi connectivity index (χ0) is 18.4. The normalized spacial score (nSPS) is 17.1. The molecular formula is C18H31N5O2. The molecule has 0 bridgehead atoms. The Morgan fingerprint density at radius 1 is 1.32 bits per heavy atom. The van der Waals surface area contributed by atoms with Crippen molar-refractivity contribution >= 4 is 17.8 Å². The first kappa shape index (κ1) is 19.3. The fourth-order valence-corrected chi connectivity index (χ4v) is 3.05. The molecule has 140 valence electrons. The van der Waals surface area contributed by atoms with Crippen molar-refractivity contribution in [2.24, 2.45) is 5.41 Å². The van der Waals surface area contributed by atoms with Crippen LogP contribution in [0.4, 0.5) is 10.6 Å². The van der Waals surface area contributed by atoms with E-state index >= 15 is 0 Å². The molecule has 1 aromatic heterocycles. The second-order valence-electron chi connectivity index (χ2n) is 7.89. The Hall–Kier alpha value is -2.05. The quantitative estimate of drug-likeness (QED) is 0.829. The first-order chi connectivity index (χ1) is 11.7. The average molecular weight is 349 g/mol. The second kappa shape index (κ2) is 8.36. The van der Waals surface area contributed by atoms with Crippen molar-refractivity contribution in [3.8, 4) is 0 Å².